The van der Waals surface area contributed by atoms with Crippen molar-refractivity contribution in [2.24, 2.45) is 0 Å². The van der Waals surface area contributed by atoms with Crippen LogP contribution in [0.15, 0.2) is 24.5 Å². The van der Waals surface area contributed by atoms with Crippen molar-refractivity contribution in [1.82, 2.24) is 20.8 Å². The molecule has 0 spiro atoms. The van der Waals surface area contributed by atoms with E-state index in [1.54, 1.807) is 18.2 Å². The minimum atomic E-state index is -0.584. The van der Waals surface area contributed by atoms with Crippen molar-refractivity contribution in [3.05, 3.63) is 41.2 Å². The molecule has 1 atom stereocenters. The molecule has 0 fully saturated rings. The van der Waals surface area contributed by atoms with E-state index < -0.39 is 12.3 Å². The van der Waals surface area contributed by atoms with E-state index in [2.05, 4.69) is 30.8 Å². The molecule has 1 aromatic carbocycles. The Morgan fingerprint density at radius 1 is 1.41 bits per heavy atom. The van der Waals surface area contributed by atoms with Gasteiger partial charge in [-0.05, 0) is 19.9 Å². The second kappa shape index (κ2) is 7.46. The van der Waals surface area contributed by atoms with Gasteiger partial charge in [0, 0.05) is 17.2 Å². The monoisotopic (exact) mass is 371 g/mol. The molecule has 1 amide bonds. The van der Waals surface area contributed by atoms with Crippen LogP contribution in [-0.2, 0) is 4.74 Å². The number of nitrogens with zero attached hydrogens (tertiary/aromatic N) is 2. The number of fused-ring (bicyclic) bond motifs is 1. The second-order valence-electron chi connectivity index (χ2n) is 6.20. The molecule has 1 aliphatic heterocycles. The molecule has 10 nitrogen and oxygen atoms in total. The van der Waals surface area contributed by atoms with Crippen LogP contribution in [0.2, 0.25) is 0 Å². The van der Waals surface area contributed by atoms with Gasteiger partial charge in [0.1, 0.15) is 24.1 Å². The third kappa shape index (κ3) is 3.75. The molecule has 10 heteroatoms. The fourth-order valence-electron chi connectivity index (χ4n) is 2.66. The molecule has 0 saturated carbocycles. The summed E-state index contributed by atoms with van der Waals surface area (Å²) in [6.45, 7) is 3.93. The summed E-state index contributed by atoms with van der Waals surface area (Å²) in [5, 5.41) is 14.4. The first-order valence-corrected chi connectivity index (χ1v) is 8.27. The zero-order valence-electron chi connectivity index (χ0n) is 15.2. The van der Waals surface area contributed by atoms with Crippen LogP contribution in [0.5, 0.6) is 5.75 Å². The van der Waals surface area contributed by atoms with Crippen LogP contribution in [0.3, 0.4) is 0 Å². The number of alkyl carbamates (subject to hydrolysis) is 1. The molecular weight excluding hydrogens is 350 g/mol. The number of carbonyl (C=O) groups excluding carboxylic acids is 1. The fourth-order valence-corrected chi connectivity index (χ4v) is 2.66. The summed E-state index contributed by atoms with van der Waals surface area (Å²) in [6, 6.07) is 5.31. The number of nitrogens with one attached hydrogen (secondary N) is 4. The van der Waals surface area contributed by atoms with Crippen LogP contribution in [0.1, 0.15) is 36.7 Å². The maximum atomic E-state index is 11.4. The Kier molecular flexibility index (Phi) is 5.08. The van der Waals surface area contributed by atoms with Gasteiger partial charge in [0.2, 0.25) is 0 Å². The zero-order valence-corrected chi connectivity index (χ0v) is 15.2. The summed E-state index contributed by atoms with van der Waals surface area (Å²) in [7, 11) is 1.28. The molecule has 1 unspecified atom stereocenters. The van der Waals surface area contributed by atoms with Crippen LogP contribution in [-0.4, -0.2) is 34.9 Å². The summed E-state index contributed by atoms with van der Waals surface area (Å²) >= 11 is 0. The Morgan fingerprint density at radius 3 is 2.89 bits per heavy atom. The van der Waals surface area contributed by atoms with Gasteiger partial charge in [-0.3, -0.25) is 10.7 Å². The first-order valence-electron chi connectivity index (χ1n) is 8.27. The Balaban J connectivity index is 1.91. The zero-order chi connectivity index (χ0) is 19.6. The third-order valence-electron chi connectivity index (χ3n) is 3.90. The van der Waals surface area contributed by atoms with Gasteiger partial charge in [-0.1, -0.05) is 12.1 Å². The number of amides is 1. The first-order chi connectivity index (χ1) is 12.9. The summed E-state index contributed by atoms with van der Waals surface area (Å²) < 4.78 is 4.59. The Bertz CT molecular complexity index is 885. The highest BCUT2D eigenvalue weighted by molar-refractivity contribution is 6.16. The average Bonchev–Trinajstić information content (AvgIpc) is 3.03. The molecule has 3 rings (SSSR count). The number of hydrogen-bond acceptors (Lipinski definition) is 9. The maximum absolute atomic E-state index is 11.4. The largest absolute Gasteiger partial charge is 0.453 e. The van der Waals surface area contributed by atoms with Crippen molar-refractivity contribution < 1.29 is 14.4 Å². The van der Waals surface area contributed by atoms with E-state index >= 15 is 0 Å². The number of ether oxygens (including phenoxy) is 1. The Hall–Kier alpha value is -3.40. The summed E-state index contributed by atoms with van der Waals surface area (Å²) in [5.74, 6) is 1.20. The Labute approximate surface area is 155 Å². The van der Waals surface area contributed by atoms with Crippen molar-refractivity contribution in [3.8, 4) is 5.75 Å². The number of nitrogen functional groups attached to an aromatic ring is 1. The molecule has 27 heavy (non-hydrogen) atoms. The van der Waals surface area contributed by atoms with Gasteiger partial charge >= 0.3 is 6.09 Å². The minimum Gasteiger partial charge on any atom is -0.453 e. The van der Waals surface area contributed by atoms with Crippen molar-refractivity contribution >= 4 is 23.4 Å². The first kappa shape index (κ1) is 18.4. The number of nitrogens with two attached hydrogens (primary N) is 1. The number of rotatable bonds is 5. The van der Waals surface area contributed by atoms with Gasteiger partial charge in [0.05, 0.1) is 18.4 Å². The van der Waals surface area contributed by atoms with E-state index in [9.17, 15) is 4.79 Å². The van der Waals surface area contributed by atoms with E-state index in [1.165, 1.54) is 13.4 Å². The SMILES string of the molecule is COC(=O)NC1NOc2cc(C(=N)c3c(N)ncnc3NC(C)C)ccc21. The second-order valence-corrected chi connectivity index (χ2v) is 6.20. The van der Waals surface area contributed by atoms with E-state index in [4.69, 9.17) is 16.0 Å². The molecule has 2 heterocycles. The van der Waals surface area contributed by atoms with Crippen LogP contribution in [0, 0.1) is 5.41 Å². The van der Waals surface area contributed by atoms with Crippen molar-refractivity contribution in [1.29, 1.82) is 5.41 Å². The van der Waals surface area contributed by atoms with Gasteiger partial charge in [0.15, 0.2) is 5.75 Å². The van der Waals surface area contributed by atoms with Crippen molar-refractivity contribution in [2.45, 2.75) is 26.1 Å². The number of anilines is 2. The van der Waals surface area contributed by atoms with Crippen molar-refractivity contribution in [3.63, 3.8) is 0 Å². The van der Waals surface area contributed by atoms with Crippen LogP contribution in [0.4, 0.5) is 16.4 Å². The standard InChI is InChI=1S/C17H21N7O3/c1-8(2)22-16-12(14(19)20-7-21-16)13(18)9-4-5-10-11(6-9)27-24-15(10)23-17(25)26-3/h4-8,15,18,24H,1-3H3,(H,23,25)(H3,19,20,21,22). The van der Waals surface area contributed by atoms with Crippen molar-refractivity contribution in [2.75, 3.05) is 18.2 Å². The maximum Gasteiger partial charge on any atom is 0.408 e. The fraction of sp³-hybridized carbons (Fsp3) is 0.294. The van der Waals surface area contributed by atoms with Gasteiger partial charge < -0.3 is 20.6 Å². The number of carbonyl (C=O) groups is 1. The highest BCUT2D eigenvalue weighted by Gasteiger charge is 2.27. The van der Waals surface area contributed by atoms with Gasteiger partial charge in [0.25, 0.3) is 0 Å². The lowest BCUT2D eigenvalue weighted by molar-refractivity contribution is 0.142. The number of benzene rings is 1. The van der Waals surface area contributed by atoms with E-state index in [0.717, 1.165) is 5.56 Å². The number of aromatic nitrogens is 2. The molecule has 0 aliphatic carbocycles. The summed E-state index contributed by atoms with van der Waals surface area (Å²) in [4.78, 5) is 25.0. The lowest BCUT2D eigenvalue weighted by Crippen LogP contribution is -2.35. The Morgan fingerprint density at radius 2 is 2.19 bits per heavy atom. The predicted molar refractivity (Wildman–Crippen MR) is 99.6 cm³/mol. The lowest BCUT2D eigenvalue weighted by atomic mass is 10.0. The molecule has 142 valence electrons. The van der Waals surface area contributed by atoms with Crippen LogP contribution < -0.4 is 26.7 Å². The quantitative estimate of drug-likeness (QED) is 0.497. The van der Waals surface area contributed by atoms with E-state index in [0.29, 0.717) is 22.7 Å². The van der Waals surface area contributed by atoms with E-state index in [-0.39, 0.29) is 17.6 Å². The topological polar surface area (TPSA) is 147 Å². The molecule has 2 aromatic rings. The van der Waals surface area contributed by atoms with Crippen LogP contribution in [0.25, 0.3) is 0 Å². The van der Waals surface area contributed by atoms with Gasteiger partial charge in [-0.15, -0.1) is 5.48 Å². The predicted octanol–water partition coefficient (Wildman–Crippen LogP) is 1.55. The smallest absolute Gasteiger partial charge is 0.408 e. The third-order valence-corrected chi connectivity index (χ3v) is 3.90. The molecule has 1 aliphatic rings. The summed E-state index contributed by atoms with van der Waals surface area (Å²) in [5.41, 5.74) is 10.6. The van der Waals surface area contributed by atoms with Gasteiger partial charge in [-0.2, -0.15) is 0 Å². The highest BCUT2D eigenvalue weighted by Crippen LogP contribution is 2.32. The molecule has 0 bridgehead atoms. The molecule has 0 radical (unpaired) electrons. The van der Waals surface area contributed by atoms with Gasteiger partial charge in [-0.25, -0.2) is 14.8 Å². The minimum absolute atomic E-state index is 0.114. The summed E-state index contributed by atoms with van der Waals surface area (Å²) in [6.07, 6.45) is 0.230. The molecular formula is C17H21N7O3. The number of hydrogen-bond donors (Lipinski definition) is 5. The number of methoxy groups -OCH3 is 1. The van der Waals surface area contributed by atoms with Crippen LogP contribution >= 0.6 is 0 Å². The molecule has 0 saturated heterocycles. The molecule has 1 aromatic heterocycles. The average molecular weight is 371 g/mol. The lowest BCUT2D eigenvalue weighted by Gasteiger charge is -2.16. The molecule has 6 N–H and O–H groups in total. The normalized spacial score (nSPS) is 15.0. The van der Waals surface area contributed by atoms with E-state index in [1.807, 2.05) is 13.8 Å². The number of hydroxylamine groups is 1. The highest BCUT2D eigenvalue weighted by atomic mass is 16.7.